The highest BCUT2D eigenvalue weighted by Gasteiger charge is 2.24. The Morgan fingerprint density at radius 2 is 1.58 bits per heavy atom. The van der Waals surface area contributed by atoms with Gasteiger partial charge >= 0.3 is 23.8 Å². The number of carboxylic acids is 1. The SMILES string of the molecule is COC(=O)c1ccc(NC(=O)c2ccccc2F)cc1OC(=O)C(=O)Nc1cc(Cl)c(OC)cc1OC.O=C(O)c1ccno1. The summed E-state index contributed by atoms with van der Waals surface area (Å²) in [6.45, 7) is 0. The molecule has 0 bridgehead atoms. The van der Waals surface area contributed by atoms with Gasteiger partial charge < -0.3 is 39.2 Å². The van der Waals surface area contributed by atoms with Crippen LogP contribution < -0.4 is 24.8 Å². The summed E-state index contributed by atoms with van der Waals surface area (Å²) in [5.74, 6) is -6.24. The topological polar surface area (TPSA) is 193 Å². The molecule has 2 amide bonds. The van der Waals surface area contributed by atoms with E-state index in [1.165, 1.54) is 68.9 Å². The van der Waals surface area contributed by atoms with Crippen molar-refractivity contribution < 1.29 is 56.9 Å². The van der Waals surface area contributed by atoms with Crippen molar-refractivity contribution in [2.75, 3.05) is 32.0 Å². The van der Waals surface area contributed by atoms with Gasteiger partial charge in [-0.1, -0.05) is 28.9 Å². The Morgan fingerprint density at radius 3 is 2.16 bits per heavy atom. The zero-order valence-corrected chi connectivity index (χ0v) is 24.3. The Labute approximate surface area is 258 Å². The van der Waals surface area contributed by atoms with Crippen molar-refractivity contribution in [2.45, 2.75) is 0 Å². The quantitative estimate of drug-likeness (QED) is 0.139. The van der Waals surface area contributed by atoms with Gasteiger partial charge in [0.25, 0.3) is 5.91 Å². The van der Waals surface area contributed by atoms with Gasteiger partial charge in [0.15, 0.2) is 0 Å². The average molecular weight is 644 g/mol. The van der Waals surface area contributed by atoms with Gasteiger partial charge in [-0.3, -0.25) is 9.59 Å². The first kappa shape index (κ1) is 33.5. The number of nitrogens with zero attached hydrogens (tertiary/aromatic N) is 1. The molecule has 0 radical (unpaired) electrons. The molecule has 1 aromatic heterocycles. The summed E-state index contributed by atoms with van der Waals surface area (Å²) in [5, 5.41) is 16.2. The molecule has 0 saturated heterocycles. The highest BCUT2D eigenvalue weighted by atomic mass is 35.5. The molecule has 16 heteroatoms. The Morgan fingerprint density at radius 1 is 0.867 bits per heavy atom. The average Bonchev–Trinajstić information content (AvgIpc) is 3.57. The number of halogens is 2. The largest absolute Gasteiger partial charge is 0.495 e. The van der Waals surface area contributed by atoms with E-state index in [4.69, 9.17) is 30.9 Å². The third-order valence-corrected chi connectivity index (χ3v) is 5.82. The van der Waals surface area contributed by atoms with Crippen molar-refractivity contribution in [3.63, 3.8) is 0 Å². The number of benzene rings is 3. The number of carboxylic acid groups (broad SMARTS) is 1. The van der Waals surface area contributed by atoms with Gasteiger partial charge in [-0.25, -0.2) is 18.8 Å². The summed E-state index contributed by atoms with van der Waals surface area (Å²) in [5.41, 5.74) is -0.343. The number of nitrogens with one attached hydrogen (secondary N) is 2. The van der Waals surface area contributed by atoms with Crippen LogP contribution in [0.2, 0.25) is 5.02 Å². The Hall–Kier alpha value is -5.96. The van der Waals surface area contributed by atoms with Crippen LogP contribution in [0.3, 0.4) is 0 Å². The maximum absolute atomic E-state index is 13.9. The number of hydrogen-bond acceptors (Lipinski definition) is 11. The number of carbonyl (C=O) groups is 5. The van der Waals surface area contributed by atoms with Crippen molar-refractivity contribution in [2.24, 2.45) is 0 Å². The maximum Gasteiger partial charge on any atom is 0.402 e. The molecule has 14 nitrogen and oxygen atoms in total. The Balaban J connectivity index is 0.000000598. The summed E-state index contributed by atoms with van der Waals surface area (Å²) in [6.07, 6.45) is 1.28. The molecule has 3 N–H and O–H groups in total. The van der Waals surface area contributed by atoms with Crippen LogP contribution in [-0.4, -0.2) is 61.3 Å². The monoisotopic (exact) mass is 643 g/mol. The van der Waals surface area contributed by atoms with Crippen molar-refractivity contribution in [3.8, 4) is 17.2 Å². The molecule has 0 fully saturated rings. The predicted octanol–water partition coefficient (Wildman–Crippen LogP) is 4.45. The smallest absolute Gasteiger partial charge is 0.402 e. The molecule has 4 aromatic rings. The van der Waals surface area contributed by atoms with Gasteiger partial charge in [0.2, 0.25) is 5.76 Å². The number of hydrogen-bond donors (Lipinski definition) is 3. The van der Waals surface area contributed by atoms with Crippen LogP contribution in [0.1, 0.15) is 31.3 Å². The Kier molecular flexibility index (Phi) is 11.5. The van der Waals surface area contributed by atoms with Crippen LogP contribution in [0.5, 0.6) is 17.2 Å². The zero-order valence-electron chi connectivity index (χ0n) is 23.6. The molecular formula is C29H23ClFN3O11. The van der Waals surface area contributed by atoms with E-state index in [0.717, 1.165) is 19.2 Å². The van der Waals surface area contributed by atoms with Gasteiger partial charge in [-0.05, 0) is 30.3 Å². The predicted molar refractivity (Wildman–Crippen MR) is 154 cm³/mol. The third-order valence-electron chi connectivity index (χ3n) is 5.52. The number of rotatable bonds is 8. The minimum atomic E-state index is -1.41. The van der Waals surface area contributed by atoms with E-state index >= 15 is 0 Å². The van der Waals surface area contributed by atoms with E-state index in [1.807, 2.05) is 0 Å². The highest BCUT2D eigenvalue weighted by Crippen LogP contribution is 2.36. The van der Waals surface area contributed by atoms with Gasteiger partial charge in [0, 0.05) is 23.9 Å². The molecule has 45 heavy (non-hydrogen) atoms. The molecule has 0 atom stereocenters. The van der Waals surface area contributed by atoms with Crippen LogP contribution in [0, 0.1) is 5.82 Å². The number of ether oxygens (including phenoxy) is 4. The zero-order chi connectivity index (χ0) is 33.1. The lowest BCUT2D eigenvalue weighted by atomic mass is 10.1. The van der Waals surface area contributed by atoms with E-state index in [9.17, 15) is 28.4 Å². The van der Waals surface area contributed by atoms with Crippen LogP contribution in [0.15, 0.2) is 71.4 Å². The molecule has 0 spiro atoms. The second-order valence-corrected chi connectivity index (χ2v) is 8.76. The van der Waals surface area contributed by atoms with Crippen LogP contribution in [0.4, 0.5) is 15.8 Å². The number of aromatic nitrogens is 1. The first-order valence-electron chi connectivity index (χ1n) is 12.4. The number of methoxy groups -OCH3 is 3. The summed E-state index contributed by atoms with van der Waals surface area (Å²) in [7, 11) is 3.83. The van der Waals surface area contributed by atoms with Gasteiger partial charge in [0.1, 0.15) is 28.6 Å². The maximum atomic E-state index is 13.9. The van der Waals surface area contributed by atoms with E-state index in [1.54, 1.807) is 0 Å². The Bertz CT molecular complexity index is 1730. The van der Waals surface area contributed by atoms with E-state index in [-0.39, 0.29) is 44.8 Å². The summed E-state index contributed by atoms with van der Waals surface area (Å²) < 4.78 is 38.2. The lowest BCUT2D eigenvalue weighted by molar-refractivity contribution is -0.145. The molecule has 0 aliphatic carbocycles. The molecule has 4 rings (SSSR count). The number of esters is 2. The molecule has 0 aliphatic heterocycles. The fraction of sp³-hybridized carbons (Fsp3) is 0.103. The second-order valence-electron chi connectivity index (χ2n) is 8.35. The lowest BCUT2D eigenvalue weighted by Crippen LogP contribution is -2.28. The molecule has 234 valence electrons. The number of amides is 2. The normalized spacial score (nSPS) is 9.98. The standard InChI is InChI=1S/C25H20ClFN2O8.C4H3NO3/c1-34-20-12-21(35-2)18(11-16(20)26)29-23(31)25(33)37-19-10-13(8-9-15(19)24(32)36-3)28-22(30)14-6-4-5-7-17(14)27;6-4(7)3-1-2-5-8-3/h4-12H,1-3H3,(H,28,30)(H,29,31);1-2H,(H,6,7). The highest BCUT2D eigenvalue weighted by molar-refractivity contribution is 6.38. The summed E-state index contributed by atoms with van der Waals surface area (Å²) in [4.78, 5) is 59.6. The minimum Gasteiger partial charge on any atom is -0.495 e. The first-order chi connectivity index (χ1) is 21.5. The fourth-order valence-corrected chi connectivity index (χ4v) is 3.65. The number of aromatic carboxylic acids is 1. The van der Waals surface area contributed by atoms with E-state index < -0.39 is 41.3 Å². The number of anilines is 2. The van der Waals surface area contributed by atoms with Crippen molar-refractivity contribution in [1.29, 1.82) is 0 Å². The van der Waals surface area contributed by atoms with E-state index in [2.05, 4.69) is 25.1 Å². The molecule has 0 unspecified atom stereocenters. The van der Waals surface area contributed by atoms with Gasteiger partial charge in [-0.15, -0.1) is 0 Å². The van der Waals surface area contributed by atoms with Crippen LogP contribution in [-0.2, 0) is 14.3 Å². The fourth-order valence-electron chi connectivity index (χ4n) is 3.41. The van der Waals surface area contributed by atoms with Gasteiger partial charge in [-0.2, -0.15) is 0 Å². The second kappa shape index (κ2) is 15.5. The molecular weight excluding hydrogens is 621 g/mol. The van der Waals surface area contributed by atoms with Crippen LogP contribution in [0.25, 0.3) is 0 Å². The summed E-state index contributed by atoms with van der Waals surface area (Å²) in [6, 6.07) is 12.9. The third kappa shape index (κ3) is 8.77. The van der Waals surface area contributed by atoms with Crippen LogP contribution >= 0.6 is 11.6 Å². The first-order valence-corrected chi connectivity index (χ1v) is 12.7. The minimum absolute atomic E-state index is 0.0488. The molecule has 0 saturated carbocycles. The van der Waals surface area contributed by atoms with Crippen molar-refractivity contribution in [1.82, 2.24) is 5.16 Å². The number of carbonyl (C=O) groups excluding carboxylic acids is 4. The van der Waals surface area contributed by atoms with E-state index in [0.29, 0.717) is 0 Å². The lowest BCUT2D eigenvalue weighted by Gasteiger charge is -2.14. The summed E-state index contributed by atoms with van der Waals surface area (Å²) >= 11 is 6.08. The van der Waals surface area contributed by atoms with Gasteiger partial charge in [0.05, 0.1) is 43.8 Å². The molecule has 1 heterocycles. The molecule has 0 aliphatic rings. The van der Waals surface area contributed by atoms with Crippen molar-refractivity contribution >= 4 is 52.7 Å². The molecule has 3 aromatic carbocycles. The van der Waals surface area contributed by atoms with Crippen molar-refractivity contribution in [3.05, 3.63) is 94.6 Å².